The summed E-state index contributed by atoms with van der Waals surface area (Å²) in [7, 11) is -3.79. The smallest absolute Gasteiger partial charge is 0.338 e. The number of benzene rings is 1. The second kappa shape index (κ2) is 5.14. The van der Waals surface area contributed by atoms with Crippen molar-refractivity contribution in [2.24, 2.45) is 0 Å². The molecule has 0 saturated heterocycles. The maximum Gasteiger partial charge on any atom is 0.338 e. The third-order valence-electron chi connectivity index (χ3n) is 2.04. The van der Waals surface area contributed by atoms with Crippen molar-refractivity contribution >= 4 is 31.7 Å². The molecule has 0 radical (unpaired) electrons. The van der Waals surface area contributed by atoms with Gasteiger partial charge in [0.2, 0.25) is 0 Å². The van der Waals surface area contributed by atoms with E-state index in [0.29, 0.717) is 6.42 Å². The van der Waals surface area contributed by atoms with Gasteiger partial charge in [0.25, 0.3) is 0 Å². The highest BCUT2D eigenvalue weighted by atomic mass is 79.9. The quantitative estimate of drug-likeness (QED) is 0.923. The molecule has 17 heavy (non-hydrogen) atoms. The molecule has 4 nitrogen and oxygen atoms in total. The number of carbonyl (C=O) groups is 1. The van der Waals surface area contributed by atoms with Crippen molar-refractivity contribution in [3.8, 4) is 0 Å². The average molecular weight is 325 g/mol. The Morgan fingerprint density at radius 3 is 2.53 bits per heavy atom. The number of rotatable bonds is 4. The lowest BCUT2D eigenvalue weighted by atomic mass is 10.2. The van der Waals surface area contributed by atoms with Crippen LogP contribution in [0.2, 0.25) is 0 Å². The van der Waals surface area contributed by atoms with Crippen LogP contribution in [-0.4, -0.2) is 25.2 Å². The fourth-order valence-electron chi connectivity index (χ4n) is 1.32. The molecule has 0 unspecified atom stereocenters. The topological polar surface area (TPSA) is 71.4 Å². The van der Waals surface area contributed by atoms with Gasteiger partial charge < -0.3 is 5.11 Å². The third kappa shape index (κ3) is 3.04. The maximum atomic E-state index is 13.7. The van der Waals surface area contributed by atoms with E-state index in [0.717, 1.165) is 12.1 Å². The Kier molecular flexibility index (Phi) is 4.26. The molecule has 94 valence electrons. The highest BCUT2D eigenvalue weighted by Gasteiger charge is 2.24. The van der Waals surface area contributed by atoms with Crippen LogP contribution in [0.3, 0.4) is 0 Å². The van der Waals surface area contributed by atoms with E-state index in [9.17, 15) is 17.6 Å². The molecule has 0 fully saturated rings. The molecule has 0 aliphatic heterocycles. The van der Waals surface area contributed by atoms with Crippen molar-refractivity contribution in [3.05, 3.63) is 28.0 Å². The molecule has 0 aliphatic carbocycles. The van der Waals surface area contributed by atoms with Gasteiger partial charge in [-0.2, -0.15) is 0 Å². The van der Waals surface area contributed by atoms with E-state index < -0.39 is 32.1 Å². The Hall–Kier alpha value is -0.950. The predicted molar refractivity (Wildman–Crippen MR) is 63.4 cm³/mol. The molecule has 0 atom stereocenters. The predicted octanol–water partition coefficient (Wildman–Crippen LogP) is 2.47. The summed E-state index contributed by atoms with van der Waals surface area (Å²) in [6, 6.07) is 2.11. The molecule has 0 bridgehead atoms. The first-order chi connectivity index (χ1) is 7.79. The number of sulfone groups is 1. The fourth-order valence-corrected chi connectivity index (χ4v) is 3.38. The minimum absolute atomic E-state index is 0.214. The van der Waals surface area contributed by atoms with E-state index in [4.69, 9.17) is 5.11 Å². The Balaban J connectivity index is 3.50. The summed E-state index contributed by atoms with van der Waals surface area (Å²) in [5.41, 5.74) is -0.658. The van der Waals surface area contributed by atoms with Crippen molar-refractivity contribution in [1.82, 2.24) is 0 Å². The third-order valence-corrected chi connectivity index (χ3v) is 4.41. The minimum Gasteiger partial charge on any atom is -0.478 e. The molecular weight excluding hydrogens is 315 g/mol. The van der Waals surface area contributed by atoms with Gasteiger partial charge in [0.1, 0.15) is 4.90 Å². The van der Waals surface area contributed by atoms with E-state index in [2.05, 4.69) is 15.9 Å². The van der Waals surface area contributed by atoms with E-state index in [1.807, 2.05) is 0 Å². The molecule has 0 amide bonds. The Morgan fingerprint density at radius 2 is 2.06 bits per heavy atom. The summed E-state index contributed by atoms with van der Waals surface area (Å²) in [5, 5.41) is 8.75. The zero-order chi connectivity index (χ0) is 13.2. The van der Waals surface area contributed by atoms with Crippen LogP contribution in [-0.2, 0) is 9.84 Å². The van der Waals surface area contributed by atoms with Crippen LogP contribution in [0.4, 0.5) is 4.39 Å². The maximum absolute atomic E-state index is 13.7. The van der Waals surface area contributed by atoms with Gasteiger partial charge in [-0.1, -0.05) is 22.9 Å². The summed E-state index contributed by atoms with van der Waals surface area (Å²) in [4.78, 5) is 10.2. The molecular formula is C10H10BrFO4S. The zero-order valence-corrected chi connectivity index (χ0v) is 11.3. The van der Waals surface area contributed by atoms with E-state index in [1.54, 1.807) is 6.92 Å². The van der Waals surface area contributed by atoms with Crippen molar-refractivity contribution < 1.29 is 22.7 Å². The number of carboxylic acid groups (broad SMARTS) is 1. The highest BCUT2D eigenvalue weighted by Crippen LogP contribution is 2.25. The number of halogens is 2. The molecule has 0 aliphatic rings. The molecule has 1 aromatic rings. The zero-order valence-electron chi connectivity index (χ0n) is 8.91. The van der Waals surface area contributed by atoms with Gasteiger partial charge in [-0.05, 0) is 18.6 Å². The van der Waals surface area contributed by atoms with Gasteiger partial charge >= 0.3 is 5.97 Å². The van der Waals surface area contributed by atoms with Crippen LogP contribution in [0.1, 0.15) is 23.7 Å². The Morgan fingerprint density at radius 1 is 1.47 bits per heavy atom. The Bertz CT molecular complexity index is 554. The van der Waals surface area contributed by atoms with Crippen molar-refractivity contribution in [2.75, 3.05) is 5.75 Å². The van der Waals surface area contributed by atoms with Crippen LogP contribution < -0.4 is 0 Å². The summed E-state index contributed by atoms with van der Waals surface area (Å²) < 4.78 is 37.4. The lowest BCUT2D eigenvalue weighted by Gasteiger charge is -2.07. The second-order valence-corrected chi connectivity index (χ2v) is 6.38. The fraction of sp³-hybridized carbons (Fsp3) is 0.300. The van der Waals surface area contributed by atoms with E-state index in [1.165, 1.54) is 0 Å². The van der Waals surface area contributed by atoms with Gasteiger partial charge in [-0.25, -0.2) is 17.6 Å². The monoisotopic (exact) mass is 324 g/mol. The van der Waals surface area contributed by atoms with Gasteiger partial charge in [-0.3, -0.25) is 0 Å². The molecule has 0 saturated carbocycles. The van der Waals surface area contributed by atoms with Crippen LogP contribution >= 0.6 is 15.9 Å². The number of hydrogen-bond donors (Lipinski definition) is 1. The molecule has 1 N–H and O–H groups in total. The first kappa shape index (κ1) is 14.1. The highest BCUT2D eigenvalue weighted by molar-refractivity contribution is 9.10. The minimum atomic E-state index is -3.79. The SMILES string of the molecule is CCCS(=O)(=O)c1cc(Br)cc(C(=O)O)c1F. The standard InChI is InChI=1S/C10H10BrFO4S/c1-2-3-17(15,16)8-5-6(11)4-7(9(8)12)10(13)14/h4-5H,2-3H2,1H3,(H,13,14). The van der Waals surface area contributed by atoms with Crippen molar-refractivity contribution in [1.29, 1.82) is 0 Å². The Labute approximate surface area is 107 Å². The lowest BCUT2D eigenvalue weighted by molar-refractivity contribution is 0.0691. The van der Waals surface area contributed by atoms with Crippen molar-refractivity contribution in [2.45, 2.75) is 18.2 Å². The van der Waals surface area contributed by atoms with Gasteiger partial charge in [-0.15, -0.1) is 0 Å². The van der Waals surface area contributed by atoms with E-state index >= 15 is 0 Å². The number of hydrogen-bond acceptors (Lipinski definition) is 3. The average Bonchev–Trinajstić information content (AvgIpc) is 2.20. The largest absolute Gasteiger partial charge is 0.478 e. The number of carboxylic acids is 1. The lowest BCUT2D eigenvalue weighted by Crippen LogP contribution is -2.12. The van der Waals surface area contributed by atoms with Crippen LogP contribution in [0.5, 0.6) is 0 Å². The normalized spacial score (nSPS) is 11.5. The van der Waals surface area contributed by atoms with Crippen LogP contribution in [0.15, 0.2) is 21.5 Å². The summed E-state index contributed by atoms with van der Waals surface area (Å²) in [5.74, 6) is -2.94. The summed E-state index contributed by atoms with van der Waals surface area (Å²) in [6.45, 7) is 1.64. The van der Waals surface area contributed by atoms with Crippen LogP contribution in [0.25, 0.3) is 0 Å². The summed E-state index contributed by atoms with van der Waals surface area (Å²) in [6.07, 6.45) is 0.330. The molecule has 7 heteroatoms. The van der Waals surface area contributed by atoms with Crippen molar-refractivity contribution in [3.63, 3.8) is 0 Å². The van der Waals surface area contributed by atoms with Gasteiger partial charge in [0.05, 0.1) is 11.3 Å². The molecule has 0 spiro atoms. The molecule has 0 heterocycles. The number of aromatic carboxylic acids is 1. The molecule has 0 aromatic heterocycles. The van der Waals surface area contributed by atoms with Gasteiger partial charge in [0, 0.05) is 4.47 Å². The molecule has 1 rings (SSSR count). The first-order valence-electron chi connectivity index (χ1n) is 4.74. The van der Waals surface area contributed by atoms with Crippen LogP contribution in [0, 0.1) is 5.82 Å². The first-order valence-corrected chi connectivity index (χ1v) is 7.19. The second-order valence-electron chi connectivity index (χ2n) is 3.39. The van der Waals surface area contributed by atoms with E-state index in [-0.39, 0.29) is 10.2 Å². The summed E-state index contributed by atoms with van der Waals surface area (Å²) >= 11 is 2.96. The van der Waals surface area contributed by atoms with Gasteiger partial charge in [0.15, 0.2) is 15.7 Å². The molecule has 1 aromatic carbocycles.